The highest BCUT2D eigenvalue weighted by Gasteiger charge is 2.37. The molecule has 1 N–H and O–H groups in total. The first-order valence-corrected chi connectivity index (χ1v) is 14.7. The molecule has 0 unspecified atom stereocenters. The molecule has 1 fully saturated rings. The highest BCUT2D eigenvalue weighted by molar-refractivity contribution is 7.99. The Morgan fingerprint density at radius 2 is 1.86 bits per heavy atom. The fourth-order valence-electron chi connectivity index (χ4n) is 5.42. The van der Waals surface area contributed by atoms with Crippen molar-refractivity contribution in [1.29, 1.82) is 0 Å². The second-order valence-electron chi connectivity index (χ2n) is 11.4. The molecule has 3 heterocycles. The number of amides is 1. The van der Waals surface area contributed by atoms with E-state index in [2.05, 4.69) is 61.2 Å². The van der Waals surface area contributed by atoms with E-state index in [4.69, 9.17) is 4.98 Å². The summed E-state index contributed by atoms with van der Waals surface area (Å²) in [5.41, 5.74) is 4.85. The number of H-pyrrole nitrogens is 1. The summed E-state index contributed by atoms with van der Waals surface area (Å²) in [6, 6.07) is 6.88. The number of hydrogen-bond acceptors (Lipinski definition) is 6. The van der Waals surface area contributed by atoms with Crippen LogP contribution in [0.1, 0.15) is 75.4 Å². The smallest absolute Gasteiger partial charge is 0.342 e. The van der Waals surface area contributed by atoms with E-state index < -0.39 is 11.5 Å². The van der Waals surface area contributed by atoms with Crippen molar-refractivity contribution in [3.63, 3.8) is 0 Å². The number of hydrogen-bond donors (Lipinski definition) is 1. The van der Waals surface area contributed by atoms with E-state index in [1.807, 2.05) is 4.90 Å². The van der Waals surface area contributed by atoms with Gasteiger partial charge in [-0.25, -0.2) is 14.2 Å². The number of aromatic nitrogens is 3. The Balaban J connectivity index is 1.22. The standard InChI is InChI=1S/C28H33FN4O2S2/c1-27(2)9-10-28(3,4)20-13-18(5-6-19(20)27)22-15-36-24(31-22)17-7-11-33(12-8-17)23(34)16-37-25-21(29)14-30-26(35)32-25/h5-6,13-15,17H,7-12,16H2,1-4H3,(H,30,32,35). The second-order valence-corrected chi connectivity index (χ2v) is 13.3. The van der Waals surface area contributed by atoms with Crippen LogP contribution < -0.4 is 5.69 Å². The van der Waals surface area contributed by atoms with Crippen molar-refractivity contribution in [1.82, 2.24) is 19.9 Å². The number of rotatable bonds is 5. The summed E-state index contributed by atoms with van der Waals surface area (Å²) in [6.45, 7) is 10.7. The van der Waals surface area contributed by atoms with Gasteiger partial charge in [0, 0.05) is 30.0 Å². The molecule has 1 aromatic carbocycles. The molecule has 6 nitrogen and oxygen atoms in total. The van der Waals surface area contributed by atoms with Crippen LogP contribution in [0, 0.1) is 5.82 Å². The van der Waals surface area contributed by atoms with Gasteiger partial charge in [0.15, 0.2) is 5.82 Å². The molecule has 1 saturated heterocycles. The summed E-state index contributed by atoms with van der Waals surface area (Å²) in [5, 5.41) is 3.34. The minimum absolute atomic E-state index is 0.0488. The van der Waals surface area contributed by atoms with Gasteiger partial charge in [0.05, 0.1) is 22.7 Å². The molecule has 1 aliphatic carbocycles. The van der Waals surface area contributed by atoms with Crippen LogP contribution in [0.25, 0.3) is 11.3 Å². The number of nitrogens with zero attached hydrogens (tertiary/aromatic N) is 3. The topological polar surface area (TPSA) is 79.0 Å². The average molecular weight is 541 g/mol. The number of likely N-dealkylation sites (tertiary alicyclic amines) is 1. The van der Waals surface area contributed by atoms with Crippen LogP contribution >= 0.6 is 23.1 Å². The molecule has 0 radical (unpaired) electrons. The summed E-state index contributed by atoms with van der Waals surface area (Å²) < 4.78 is 13.8. The summed E-state index contributed by atoms with van der Waals surface area (Å²) in [4.78, 5) is 36.5. The molecule has 0 spiro atoms. The Kier molecular flexibility index (Phi) is 7.04. The molecule has 196 valence electrons. The molecule has 3 aromatic rings. The largest absolute Gasteiger partial charge is 0.345 e. The Morgan fingerprint density at radius 1 is 1.16 bits per heavy atom. The van der Waals surface area contributed by atoms with Gasteiger partial charge >= 0.3 is 5.69 Å². The molecule has 0 atom stereocenters. The van der Waals surface area contributed by atoms with Crippen LogP contribution in [-0.4, -0.2) is 44.6 Å². The van der Waals surface area contributed by atoms with Gasteiger partial charge in [-0.15, -0.1) is 11.3 Å². The number of aromatic amines is 1. The predicted octanol–water partition coefficient (Wildman–Crippen LogP) is 5.88. The van der Waals surface area contributed by atoms with Crippen LogP contribution in [0.15, 0.2) is 39.6 Å². The molecule has 5 rings (SSSR count). The molecule has 1 amide bonds. The van der Waals surface area contributed by atoms with Crippen LogP contribution in [-0.2, 0) is 15.6 Å². The van der Waals surface area contributed by atoms with Crippen molar-refractivity contribution in [2.45, 2.75) is 75.2 Å². The van der Waals surface area contributed by atoms with Gasteiger partial charge in [-0.1, -0.05) is 51.6 Å². The highest BCUT2D eigenvalue weighted by Crippen LogP contribution is 2.47. The van der Waals surface area contributed by atoms with E-state index in [0.717, 1.165) is 41.5 Å². The Hall–Kier alpha value is -2.52. The van der Waals surface area contributed by atoms with Crippen molar-refractivity contribution in [2.24, 2.45) is 0 Å². The molecule has 0 saturated carbocycles. The normalized spacial score (nSPS) is 19.0. The van der Waals surface area contributed by atoms with E-state index in [1.54, 1.807) is 11.3 Å². The monoisotopic (exact) mass is 540 g/mol. The molecular formula is C28H33FN4O2S2. The first-order chi connectivity index (χ1) is 17.5. The molecule has 9 heteroatoms. The second kappa shape index (κ2) is 9.98. The zero-order valence-corrected chi connectivity index (χ0v) is 23.4. The van der Waals surface area contributed by atoms with Crippen molar-refractivity contribution in [2.75, 3.05) is 18.8 Å². The zero-order valence-electron chi connectivity index (χ0n) is 21.8. The minimum atomic E-state index is -0.623. The highest BCUT2D eigenvalue weighted by atomic mass is 32.2. The molecule has 37 heavy (non-hydrogen) atoms. The lowest BCUT2D eigenvalue weighted by molar-refractivity contribution is -0.129. The average Bonchev–Trinajstić information content (AvgIpc) is 3.37. The SMILES string of the molecule is CC1(C)CCC(C)(C)c2cc(-c3csc(C4CCN(C(=O)CSc5[nH]c(=O)ncc5F)CC4)n3)ccc21. The quantitative estimate of drug-likeness (QED) is 0.323. The van der Waals surface area contributed by atoms with Crippen LogP contribution in [0.4, 0.5) is 4.39 Å². The lowest BCUT2D eigenvalue weighted by Crippen LogP contribution is -2.39. The van der Waals surface area contributed by atoms with Gasteiger partial charge in [-0.3, -0.25) is 9.78 Å². The predicted molar refractivity (Wildman–Crippen MR) is 147 cm³/mol. The number of thiazole rings is 1. The van der Waals surface area contributed by atoms with E-state index in [1.165, 1.54) is 29.5 Å². The summed E-state index contributed by atoms with van der Waals surface area (Å²) in [5.74, 6) is -0.270. The Bertz CT molecular complexity index is 1370. The maximum Gasteiger partial charge on any atom is 0.345 e. The first-order valence-electron chi connectivity index (χ1n) is 12.8. The van der Waals surface area contributed by atoms with Crippen LogP contribution in [0.5, 0.6) is 0 Å². The fraction of sp³-hybridized carbons (Fsp3) is 0.500. The molecule has 2 aromatic heterocycles. The fourth-order valence-corrected chi connectivity index (χ4v) is 7.23. The summed E-state index contributed by atoms with van der Waals surface area (Å²) in [7, 11) is 0. The lowest BCUT2D eigenvalue weighted by atomic mass is 9.63. The molecule has 0 bridgehead atoms. The maximum absolute atomic E-state index is 13.8. The van der Waals surface area contributed by atoms with Crippen LogP contribution in [0.3, 0.4) is 0 Å². The van der Waals surface area contributed by atoms with Gasteiger partial charge in [0.1, 0.15) is 5.03 Å². The maximum atomic E-state index is 13.8. The molecule has 2 aliphatic rings. The van der Waals surface area contributed by atoms with E-state index in [9.17, 15) is 14.0 Å². The Labute approximate surface area is 225 Å². The number of piperidine rings is 1. The number of carbonyl (C=O) groups is 1. The number of nitrogens with one attached hydrogen (secondary N) is 1. The lowest BCUT2D eigenvalue weighted by Gasteiger charge is -2.42. The van der Waals surface area contributed by atoms with Crippen molar-refractivity contribution < 1.29 is 9.18 Å². The number of thioether (sulfide) groups is 1. The first kappa shape index (κ1) is 26.1. The minimum Gasteiger partial charge on any atom is -0.342 e. The van der Waals surface area contributed by atoms with Gasteiger partial charge in [-0.05, 0) is 53.7 Å². The van der Waals surface area contributed by atoms with E-state index in [-0.39, 0.29) is 27.5 Å². The summed E-state index contributed by atoms with van der Waals surface area (Å²) in [6.07, 6.45) is 4.98. The van der Waals surface area contributed by atoms with E-state index >= 15 is 0 Å². The number of halogens is 1. The third-order valence-electron chi connectivity index (χ3n) is 7.94. The van der Waals surface area contributed by atoms with Gasteiger partial charge in [0.2, 0.25) is 5.91 Å². The van der Waals surface area contributed by atoms with Crippen molar-refractivity contribution >= 4 is 29.0 Å². The number of benzene rings is 1. The number of fused-ring (bicyclic) bond motifs is 1. The van der Waals surface area contributed by atoms with Crippen LogP contribution in [0.2, 0.25) is 0 Å². The Morgan fingerprint density at radius 3 is 2.59 bits per heavy atom. The molecular weight excluding hydrogens is 507 g/mol. The zero-order chi connectivity index (χ0) is 26.4. The van der Waals surface area contributed by atoms with Gasteiger partial charge in [0.25, 0.3) is 0 Å². The summed E-state index contributed by atoms with van der Waals surface area (Å²) >= 11 is 2.71. The van der Waals surface area contributed by atoms with Crippen molar-refractivity contribution in [3.8, 4) is 11.3 Å². The van der Waals surface area contributed by atoms with Gasteiger partial charge < -0.3 is 4.90 Å². The number of carbonyl (C=O) groups excluding carboxylic acids is 1. The van der Waals surface area contributed by atoms with Gasteiger partial charge in [-0.2, -0.15) is 4.98 Å². The van der Waals surface area contributed by atoms with Crippen molar-refractivity contribution in [3.05, 3.63) is 62.2 Å². The molecule has 1 aliphatic heterocycles. The third-order valence-corrected chi connectivity index (χ3v) is 9.92. The third kappa shape index (κ3) is 5.39. The van der Waals surface area contributed by atoms with E-state index in [0.29, 0.717) is 19.0 Å².